The van der Waals surface area contributed by atoms with Crippen LogP contribution in [0.15, 0.2) is 0 Å². The first-order valence-corrected chi connectivity index (χ1v) is 7.26. The van der Waals surface area contributed by atoms with Crippen LogP contribution >= 0.6 is 0 Å². The molecule has 2 atom stereocenters. The molecule has 0 aromatic heterocycles. The smallest absolute Gasteiger partial charge is 0.0589 e. The van der Waals surface area contributed by atoms with Crippen molar-refractivity contribution < 1.29 is 9.47 Å². The highest BCUT2D eigenvalue weighted by Crippen LogP contribution is 2.31. The van der Waals surface area contributed by atoms with Crippen LogP contribution in [0.1, 0.15) is 26.2 Å². The van der Waals surface area contributed by atoms with Crippen LogP contribution in [-0.2, 0) is 9.47 Å². The summed E-state index contributed by atoms with van der Waals surface area (Å²) in [5.41, 5.74) is 0. The SMILES string of the molecule is CCNCC1CCC1N(CCCOC)CCOC. The standard InChI is InChI=1S/C14H30N2O2/c1-4-15-12-13-6-7-14(13)16(9-11-18-3)8-5-10-17-2/h13-15H,4-12H2,1-3H3. The molecule has 1 aliphatic rings. The van der Waals surface area contributed by atoms with E-state index in [0.29, 0.717) is 0 Å². The van der Waals surface area contributed by atoms with Gasteiger partial charge in [-0.25, -0.2) is 0 Å². The van der Waals surface area contributed by atoms with Crippen molar-refractivity contribution in [3.8, 4) is 0 Å². The van der Waals surface area contributed by atoms with Crippen molar-refractivity contribution in [2.45, 2.75) is 32.2 Å². The lowest BCUT2D eigenvalue weighted by Crippen LogP contribution is -2.51. The maximum absolute atomic E-state index is 5.23. The van der Waals surface area contributed by atoms with Crippen molar-refractivity contribution in [2.24, 2.45) is 5.92 Å². The Kier molecular flexibility index (Phi) is 8.59. The topological polar surface area (TPSA) is 33.7 Å². The second kappa shape index (κ2) is 9.73. The lowest BCUT2D eigenvalue weighted by atomic mass is 9.78. The Morgan fingerprint density at radius 3 is 2.44 bits per heavy atom. The van der Waals surface area contributed by atoms with Gasteiger partial charge in [-0.3, -0.25) is 4.90 Å². The van der Waals surface area contributed by atoms with Gasteiger partial charge in [0.25, 0.3) is 0 Å². The van der Waals surface area contributed by atoms with Crippen LogP contribution in [0, 0.1) is 5.92 Å². The highest BCUT2D eigenvalue weighted by Gasteiger charge is 2.34. The molecule has 18 heavy (non-hydrogen) atoms. The van der Waals surface area contributed by atoms with Gasteiger partial charge in [0.15, 0.2) is 0 Å². The Morgan fingerprint density at radius 2 is 1.89 bits per heavy atom. The average molecular weight is 258 g/mol. The summed E-state index contributed by atoms with van der Waals surface area (Å²) in [4.78, 5) is 2.59. The molecule has 0 aromatic rings. The fraction of sp³-hybridized carbons (Fsp3) is 1.00. The molecule has 4 heteroatoms. The van der Waals surface area contributed by atoms with Gasteiger partial charge >= 0.3 is 0 Å². The minimum atomic E-state index is 0.746. The summed E-state index contributed by atoms with van der Waals surface area (Å²) < 4.78 is 10.4. The van der Waals surface area contributed by atoms with Crippen LogP contribution in [-0.4, -0.2) is 64.6 Å². The van der Waals surface area contributed by atoms with Crippen molar-refractivity contribution >= 4 is 0 Å². The molecule has 0 radical (unpaired) electrons. The van der Waals surface area contributed by atoms with Crippen molar-refractivity contribution in [1.29, 1.82) is 0 Å². The van der Waals surface area contributed by atoms with Crippen molar-refractivity contribution in [3.05, 3.63) is 0 Å². The summed E-state index contributed by atoms with van der Waals surface area (Å²) in [5.74, 6) is 0.823. The number of rotatable bonds is 11. The minimum Gasteiger partial charge on any atom is -0.385 e. The minimum absolute atomic E-state index is 0.746. The van der Waals surface area contributed by atoms with Crippen molar-refractivity contribution in [3.63, 3.8) is 0 Å². The normalized spacial score (nSPS) is 23.3. The molecular weight excluding hydrogens is 228 g/mol. The summed E-state index contributed by atoms with van der Waals surface area (Å²) >= 11 is 0. The molecule has 0 bridgehead atoms. The largest absolute Gasteiger partial charge is 0.385 e. The number of methoxy groups -OCH3 is 2. The zero-order valence-corrected chi connectivity index (χ0v) is 12.3. The van der Waals surface area contributed by atoms with E-state index in [1.807, 2.05) is 0 Å². The summed E-state index contributed by atoms with van der Waals surface area (Å²) in [6.45, 7) is 8.28. The van der Waals surface area contributed by atoms with E-state index in [-0.39, 0.29) is 0 Å². The molecule has 0 spiro atoms. The van der Waals surface area contributed by atoms with E-state index in [1.165, 1.54) is 12.8 Å². The molecular formula is C14H30N2O2. The van der Waals surface area contributed by atoms with E-state index in [1.54, 1.807) is 14.2 Å². The van der Waals surface area contributed by atoms with Gasteiger partial charge in [0.05, 0.1) is 6.61 Å². The van der Waals surface area contributed by atoms with E-state index >= 15 is 0 Å². The maximum Gasteiger partial charge on any atom is 0.0589 e. The van der Waals surface area contributed by atoms with Crippen molar-refractivity contribution in [2.75, 3.05) is 53.6 Å². The summed E-state index contributed by atoms with van der Waals surface area (Å²) in [6, 6.07) is 0.746. The molecule has 0 heterocycles. The fourth-order valence-electron chi connectivity index (χ4n) is 2.66. The third kappa shape index (κ3) is 5.22. The van der Waals surface area contributed by atoms with Crippen LogP contribution in [0.4, 0.5) is 0 Å². The zero-order chi connectivity index (χ0) is 13.2. The van der Waals surface area contributed by atoms with E-state index in [4.69, 9.17) is 9.47 Å². The number of hydrogen-bond donors (Lipinski definition) is 1. The Hall–Kier alpha value is -0.160. The van der Waals surface area contributed by atoms with Gasteiger partial charge in [0.1, 0.15) is 0 Å². The molecule has 2 unspecified atom stereocenters. The maximum atomic E-state index is 5.23. The van der Waals surface area contributed by atoms with E-state index in [2.05, 4.69) is 17.1 Å². The van der Waals surface area contributed by atoms with Crippen LogP contribution in [0.3, 0.4) is 0 Å². The monoisotopic (exact) mass is 258 g/mol. The lowest BCUT2D eigenvalue weighted by Gasteiger charge is -2.44. The second-order valence-electron chi connectivity index (χ2n) is 5.09. The molecule has 1 fully saturated rings. The van der Waals surface area contributed by atoms with Gasteiger partial charge in [-0.2, -0.15) is 0 Å². The van der Waals surface area contributed by atoms with Crippen LogP contribution in [0.2, 0.25) is 0 Å². The summed E-state index contributed by atoms with van der Waals surface area (Å²) in [6.07, 6.45) is 3.82. The van der Waals surface area contributed by atoms with E-state index < -0.39 is 0 Å². The number of nitrogens with one attached hydrogen (secondary N) is 1. The van der Waals surface area contributed by atoms with Gasteiger partial charge in [-0.05, 0) is 38.3 Å². The summed E-state index contributed by atoms with van der Waals surface area (Å²) in [7, 11) is 3.56. The number of nitrogens with zero attached hydrogens (tertiary/aromatic N) is 1. The Balaban J connectivity index is 2.32. The average Bonchev–Trinajstić information content (AvgIpc) is 2.35. The molecule has 0 amide bonds. The van der Waals surface area contributed by atoms with Crippen LogP contribution in [0.5, 0.6) is 0 Å². The second-order valence-corrected chi connectivity index (χ2v) is 5.09. The molecule has 1 saturated carbocycles. The van der Waals surface area contributed by atoms with Gasteiger partial charge in [-0.1, -0.05) is 6.92 Å². The van der Waals surface area contributed by atoms with Gasteiger partial charge < -0.3 is 14.8 Å². The third-order valence-corrected chi connectivity index (χ3v) is 3.88. The van der Waals surface area contributed by atoms with Gasteiger partial charge in [0.2, 0.25) is 0 Å². The number of hydrogen-bond acceptors (Lipinski definition) is 4. The molecule has 0 aliphatic heterocycles. The van der Waals surface area contributed by atoms with Crippen molar-refractivity contribution in [1.82, 2.24) is 10.2 Å². The molecule has 1 aliphatic carbocycles. The zero-order valence-electron chi connectivity index (χ0n) is 12.3. The predicted molar refractivity (Wildman–Crippen MR) is 75.0 cm³/mol. The van der Waals surface area contributed by atoms with Gasteiger partial charge in [0, 0.05) is 40.0 Å². The molecule has 0 aromatic carbocycles. The first-order valence-electron chi connectivity index (χ1n) is 7.26. The highest BCUT2D eigenvalue weighted by molar-refractivity contribution is 4.90. The first kappa shape index (κ1) is 15.9. The highest BCUT2D eigenvalue weighted by atomic mass is 16.5. The Bertz CT molecular complexity index is 202. The molecule has 1 rings (SSSR count). The quantitative estimate of drug-likeness (QED) is 0.567. The molecule has 0 saturated heterocycles. The predicted octanol–water partition coefficient (Wildman–Crippen LogP) is 1.36. The molecule has 1 N–H and O–H groups in total. The number of ether oxygens (including phenoxy) is 2. The Labute approximate surface area is 112 Å². The van der Waals surface area contributed by atoms with Gasteiger partial charge in [-0.15, -0.1) is 0 Å². The van der Waals surface area contributed by atoms with E-state index in [9.17, 15) is 0 Å². The first-order chi connectivity index (χ1) is 8.83. The van der Waals surface area contributed by atoms with E-state index in [0.717, 1.165) is 57.8 Å². The summed E-state index contributed by atoms with van der Waals surface area (Å²) in [5, 5.41) is 3.48. The Morgan fingerprint density at radius 1 is 1.11 bits per heavy atom. The third-order valence-electron chi connectivity index (χ3n) is 3.88. The van der Waals surface area contributed by atoms with Crippen LogP contribution in [0.25, 0.3) is 0 Å². The molecule has 4 nitrogen and oxygen atoms in total. The van der Waals surface area contributed by atoms with Crippen LogP contribution < -0.4 is 5.32 Å². The fourth-order valence-corrected chi connectivity index (χ4v) is 2.66. The lowest BCUT2D eigenvalue weighted by molar-refractivity contribution is 0.0341. The molecule has 108 valence electrons.